The number of aromatic hydroxyl groups is 1. The van der Waals surface area contributed by atoms with Crippen molar-refractivity contribution in [2.45, 2.75) is 33.2 Å². The largest absolute Gasteiger partial charge is 0.508 e. The summed E-state index contributed by atoms with van der Waals surface area (Å²) in [6.07, 6.45) is 1.96. The first-order valence-electron chi connectivity index (χ1n) is 10.1. The Morgan fingerprint density at radius 2 is 1.96 bits per heavy atom. The molecule has 7 nitrogen and oxygen atoms in total. The molecular formula is C21H31N5O2. The van der Waals surface area contributed by atoms with Crippen molar-refractivity contribution in [3.05, 3.63) is 47.3 Å². The number of hydrogen-bond donors (Lipinski definition) is 2. The van der Waals surface area contributed by atoms with Crippen molar-refractivity contribution in [2.75, 3.05) is 39.3 Å². The lowest BCUT2D eigenvalue weighted by Crippen LogP contribution is -2.52. The van der Waals surface area contributed by atoms with E-state index in [1.807, 2.05) is 25.1 Å². The highest BCUT2D eigenvalue weighted by atomic mass is 16.5. The lowest BCUT2D eigenvalue weighted by Gasteiger charge is -2.36. The van der Waals surface area contributed by atoms with Gasteiger partial charge in [0.05, 0.1) is 5.69 Å². The van der Waals surface area contributed by atoms with E-state index < -0.39 is 0 Å². The molecular weight excluding hydrogens is 354 g/mol. The molecule has 0 saturated carbocycles. The van der Waals surface area contributed by atoms with E-state index in [2.05, 4.69) is 27.2 Å². The summed E-state index contributed by atoms with van der Waals surface area (Å²) < 4.78 is 5.16. The Kier molecular flexibility index (Phi) is 7.31. The maximum absolute atomic E-state index is 9.36. The standard InChI is InChI=1S/C21H31N5O2/c1-3-22-21(23-10-4-5-18-6-8-20(27)9-7-18)26-13-11-25(12-14-26)16-19-15-17(2)28-24-19/h6-9,15,27H,3-5,10-14,16H2,1-2H3,(H,22,23). The average Bonchev–Trinajstić information content (AvgIpc) is 3.11. The number of aromatic nitrogens is 1. The van der Waals surface area contributed by atoms with E-state index in [1.54, 1.807) is 12.1 Å². The number of phenols is 1. The molecule has 2 heterocycles. The summed E-state index contributed by atoms with van der Waals surface area (Å²) in [4.78, 5) is 9.57. The molecule has 7 heteroatoms. The van der Waals surface area contributed by atoms with Gasteiger partial charge in [-0.05, 0) is 44.4 Å². The minimum Gasteiger partial charge on any atom is -0.508 e. The van der Waals surface area contributed by atoms with E-state index in [9.17, 15) is 5.11 Å². The Hall–Kier alpha value is -2.54. The van der Waals surface area contributed by atoms with Gasteiger partial charge < -0.3 is 19.8 Å². The number of nitrogens with one attached hydrogen (secondary N) is 1. The van der Waals surface area contributed by atoms with Gasteiger partial charge in [-0.3, -0.25) is 9.89 Å². The molecule has 1 aromatic heterocycles. The van der Waals surface area contributed by atoms with Crippen LogP contribution in [0, 0.1) is 6.92 Å². The molecule has 152 valence electrons. The average molecular weight is 386 g/mol. The molecule has 0 amide bonds. The van der Waals surface area contributed by atoms with Crippen molar-refractivity contribution >= 4 is 5.96 Å². The van der Waals surface area contributed by atoms with Crippen LogP contribution >= 0.6 is 0 Å². The summed E-state index contributed by atoms with van der Waals surface area (Å²) >= 11 is 0. The lowest BCUT2D eigenvalue weighted by molar-refractivity contribution is 0.169. The highest BCUT2D eigenvalue weighted by molar-refractivity contribution is 5.80. The first-order chi connectivity index (χ1) is 13.6. The number of piperazine rings is 1. The molecule has 1 aliphatic rings. The summed E-state index contributed by atoms with van der Waals surface area (Å²) in [5, 5.41) is 16.9. The normalized spacial score (nSPS) is 15.8. The molecule has 0 atom stereocenters. The van der Waals surface area contributed by atoms with Gasteiger partial charge in [0, 0.05) is 51.9 Å². The van der Waals surface area contributed by atoms with Crippen LogP contribution in [0.1, 0.15) is 30.4 Å². The Morgan fingerprint density at radius 3 is 2.61 bits per heavy atom. The molecule has 3 rings (SSSR count). The van der Waals surface area contributed by atoms with E-state index >= 15 is 0 Å². The minimum absolute atomic E-state index is 0.314. The monoisotopic (exact) mass is 385 g/mol. The Balaban J connectivity index is 1.45. The first kappa shape index (κ1) is 20.2. The molecule has 0 spiro atoms. The maximum atomic E-state index is 9.36. The Labute approximate surface area is 167 Å². The first-order valence-corrected chi connectivity index (χ1v) is 10.1. The third-order valence-corrected chi connectivity index (χ3v) is 4.89. The van der Waals surface area contributed by atoms with Crippen LogP contribution in [0.4, 0.5) is 0 Å². The van der Waals surface area contributed by atoms with Gasteiger partial charge in [0.2, 0.25) is 0 Å². The molecule has 0 bridgehead atoms. The van der Waals surface area contributed by atoms with Gasteiger partial charge in [-0.1, -0.05) is 17.3 Å². The zero-order valence-electron chi connectivity index (χ0n) is 16.9. The minimum atomic E-state index is 0.314. The number of rotatable bonds is 7. The number of hydrogen-bond acceptors (Lipinski definition) is 5. The van der Waals surface area contributed by atoms with Crippen molar-refractivity contribution in [1.29, 1.82) is 0 Å². The van der Waals surface area contributed by atoms with Crippen molar-refractivity contribution in [3.8, 4) is 5.75 Å². The van der Waals surface area contributed by atoms with Gasteiger partial charge in [-0.2, -0.15) is 0 Å². The van der Waals surface area contributed by atoms with E-state index in [0.717, 1.165) is 76.1 Å². The highest BCUT2D eigenvalue weighted by Gasteiger charge is 2.20. The molecule has 1 saturated heterocycles. The summed E-state index contributed by atoms with van der Waals surface area (Å²) in [5.41, 5.74) is 2.23. The van der Waals surface area contributed by atoms with Crippen LogP contribution in [-0.4, -0.2) is 65.3 Å². The molecule has 0 radical (unpaired) electrons. The van der Waals surface area contributed by atoms with E-state index in [-0.39, 0.29) is 0 Å². The van der Waals surface area contributed by atoms with Crippen LogP contribution in [0.2, 0.25) is 0 Å². The third-order valence-electron chi connectivity index (χ3n) is 4.89. The number of benzene rings is 1. The molecule has 2 aromatic rings. The predicted octanol–water partition coefficient (Wildman–Crippen LogP) is 2.40. The van der Waals surface area contributed by atoms with E-state index in [1.165, 1.54) is 5.56 Å². The number of guanidine groups is 1. The third kappa shape index (κ3) is 5.99. The van der Waals surface area contributed by atoms with Gasteiger partial charge in [0.1, 0.15) is 11.5 Å². The zero-order chi connectivity index (χ0) is 19.8. The fraction of sp³-hybridized carbons (Fsp3) is 0.524. The van der Waals surface area contributed by atoms with Gasteiger partial charge >= 0.3 is 0 Å². The van der Waals surface area contributed by atoms with Crippen LogP contribution in [0.25, 0.3) is 0 Å². The number of phenolic OH excluding ortho intramolecular Hbond substituents is 1. The molecule has 0 aliphatic carbocycles. The smallest absolute Gasteiger partial charge is 0.194 e. The molecule has 0 unspecified atom stereocenters. The van der Waals surface area contributed by atoms with Crippen molar-refractivity contribution in [1.82, 2.24) is 20.3 Å². The van der Waals surface area contributed by atoms with Gasteiger partial charge in [-0.25, -0.2) is 0 Å². The summed E-state index contributed by atoms with van der Waals surface area (Å²) in [7, 11) is 0. The number of aliphatic imine (C=N–C) groups is 1. The Morgan fingerprint density at radius 1 is 1.21 bits per heavy atom. The molecule has 1 aromatic carbocycles. The van der Waals surface area contributed by atoms with Gasteiger partial charge in [0.25, 0.3) is 0 Å². The summed E-state index contributed by atoms with van der Waals surface area (Å²) in [6.45, 7) is 10.4. The van der Waals surface area contributed by atoms with Crippen LogP contribution in [-0.2, 0) is 13.0 Å². The van der Waals surface area contributed by atoms with Crippen LogP contribution in [0.3, 0.4) is 0 Å². The van der Waals surface area contributed by atoms with Crippen LogP contribution in [0.15, 0.2) is 39.8 Å². The topological polar surface area (TPSA) is 77.1 Å². The van der Waals surface area contributed by atoms with E-state index in [0.29, 0.717) is 5.75 Å². The number of nitrogens with zero attached hydrogens (tertiary/aromatic N) is 4. The Bertz CT molecular complexity index is 748. The second-order valence-corrected chi connectivity index (χ2v) is 7.20. The summed E-state index contributed by atoms with van der Waals surface area (Å²) in [5.74, 6) is 2.18. The quantitative estimate of drug-likeness (QED) is 0.433. The fourth-order valence-corrected chi connectivity index (χ4v) is 3.40. The molecule has 28 heavy (non-hydrogen) atoms. The van der Waals surface area contributed by atoms with Crippen molar-refractivity contribution in [3.63, 3.8) is 0 Å². The molecule has 1 aliphatic heterocycles. The zero-order valence-corrected chi connectivity index (χ0v) is 16.9. The number of aryl methyl sites for hydroxylation is 2. The SMILES string of the molecule is CCNC(=NCCCc1ccc(O)cc1)N1CCN(Cc2cc(C)on2)CC1. The second-order valence-electron chi connectivity index (χ2n) is 7.20. The van der Waals surface area contributed by atoms with Crippen molar-refractivity contribution < 1.29 is 9.63 Å². The molecule has 1 fully saturated rings. The van der Waals surface area contributed by atoms with Gasteiger partial charge in [-0.15, -0.1) is 0 Å². The lowest BCUT2D eigenvalue weighted by atomic mass is 10.1. The van der Waals surface area contributed by atoms with Crippen LogP contribution in [0.5, 0.6) is 5.75 Å². The fourth-order valence-electron chi connectivity index (χ4n) is 3.40. The molecule has 2 N–H and O–H groups in total. The maximum Gasteiger partial charge on any atom is 0.194 e. The highest BCUT2D eigenvalue weighted by Crippen LogP contribution is 2.12. The summed E-state index contributed by atoms with van der Waals surface area (Å²) in [6, 6.07) is 9.43. The van der Waals surface area contributed by atoms with E-state index in [4.69, 9.17) is 9.52 Å². The van der Waals surface area contributed by atoms with Crippen molar-refractivity contribution in [2.24, 2.45) is 4.99 Å². The van der Waals surface area contributed by atoms with Crippen LogP contribution < -0.4 is 5.32 Å². The predicted molar refractivity (Wildman–Crippen MR) is 110 cm³/mol. The van der Waals surface area contributed by atoms with Gasteiger partial charge in [0.15, 0.2) is 5.96 Å². The second kappa shape index (κ2) is 10.1.